The third kappa shape index (κ3) is 4.16. The molecule has 0 N–H and O–H groups in total. The minimum Gasteiger partial charge on any atom is -0.619 e. The van der Waals surface area contributed by atoms with Gasteiger partial charge in [-0.1, -0.05) is 30.7 Å². The average molecular weight is 371 g/mol. The van der Waals surface area contributed by atoms with Crippen LogP contribution in [-0.4, -0.2) is 33.3 Å². The lowest BCUT2D eigenvalue weighted by molar-refractivity contribution is -0.605. The number of halogens is 1. The van der Waals surface area contributed by atoms with Gasteiger partial charge < -0.3 is 10.1 Å². The van der Waals surface area contributed by atoms with Gasteiger partial charge in [0, 0.05) is 24.3 Å². The summed E-state index contributed by atoms with van der Waals surface area (Å²) in [6.07, 6.45) is 6.73. The highest BCUT2D eigenvalue weighted by molar-refractivity contribution is 7.98. The zero-order valence-electron chi connectivity index (χ0n) is 13.3. The molecule has 2 heterocycles. The lowest BCUT2D eigenvalue weighted by atomic mass is 10.2. The van der Waals surface area contributed by atoms with Crippen molar-refractivity contribution in [1.82, 2.24) is 9.78 Å². The van der Waals surface area contributed by atoms with E-state index in [-0.39, 0.29) is 5.92 Å². The summed E-state index contributed by atoms with van der Waals surface area (Å²) < 4.78 is 2.32. The summed E-state index contributed by atoms with van der Waals surface area (Å²) in [5.74, 6) is 1.22. The van der Waals surface area contributed by atoms with Crippen LogP contribution < -0.4 is 9.63 Å². The van der Waals surface area contributed by atoms with E-state index < -0.39 is 0 Å². The van der Waals surface area contributed by atoms with Crippen LogP contribution in [0.2, 0.25) is 5.15 Å². The zero-order valence-corrected chi connectivity index (χ0v) is 15.7. The number of anilines is 1. The van der Waals surface area contributed by atoms with Gasteiger partial charge in [0.1, 0.15) is 5.69 Å². The van der Waals surface area contributed by atoms with Crippen LogP contribution in [0.4, 0.5) is 5.69 Å². The first-order valence-corrected chi connectivity index (χ1v) is 9.40. The molecule has 0 fully saturated rings. The number of pyridine rings is 1. The second-order valence-corrected chi connectivity index (χ2v) is 6.80. The van der Waals surface area contributed by atoms with Crippen molar-refractivity contribution >= 4 is 46.3 Å². The van der Waals surface area contributed by atoms with Crippen LogP contribution in [0.25, 0.3) is 5.69 Å². The lowest BCUT2D eigenvalue weighted by Gasteiger charge is -2.26. The van der Waals surface area contributed by atoms with Gasteiger partial charge in [0.25, 0.3) is 0 Å². The molecule has 0 radical (unpaired) electrons. The van der Waals surface area contributed by atoms with Crippen molar-refractivity contribution in [2.24, 2.45) is 5.92 Å². The molecule has 2 aromatic heterocycles. The summed E-state index contributed by atoms with van der Waals surface area (Å²) in [6.45, 7) is 4.84. The first kappa shape index (κ1) is 18.0. The second-order valence-electron chi connectivity index (χ2n) is 5.11. The van der Waals surface area contributed by atoms with Crippen LogP contribution in [0.15, 0.2) is 30.7 Å². The smallest absolute Gasteiger partial charge is 0.206 e. The van der Waals surface area contributed by atoms with E-state index in [1.54, 1.807) is 34.8 Å². The number of hydrogen-bond acceptors (Lipinski definition) is 4. The molecule has 124 valence electrons. The number of hydrogen-bond donors (Lipinski definition) is 0. The molecule has 0 aromatic carbocycles. The third-order valence-electron chi connectivity index (χ3n) is 3.39. The summed E-state index contributed by atoms with van der Waals surface area (Å²) in [6, 6.07) is 3.47. The molecule has 0 bridgehead atoms. The molecule has 0 amide bonds. The van der Waals surface area contributed by atoms with Gasteiger partial charge in [-0.3, -0.25) is 0 Å². The van der Waals surface area contributed by atoms with Crippen molar-refractivity contribution in [1.29, 1.82) is 0 Å². The number of thioether (sulfide) groups is 1. The van der Waals surface area contributed by atoms with Gasteiger partial charge in [-0.05, 0) is 19.2 Å². The molecule has 5 nitrogen and oxygen atoms in total. The molecule has 2 rings (SSSR count). The monoisotopic (exact) mass is 370 g/mol. The van der Waals surface area contributed by atoms with Crippen molar-refractivity contribution in [2.75, 3.05) is 23.5 Å². The Bertz CT molecular complexity index is 692. The van der Waals surface area contributed by atoms with Gasteiger partial charge in [0.15, 0.2) is 11.3 Å². The fraction of sp³-hybridized carbons (Fsp3) is 0.400. The summed E-state index contributed by atoms with van der Waals surface area (Å²) >= 11 is 13.7. The number of rotatable bonds is 6. The third-order valence-corrected chi connectivity index (χ3v) is 5.11. The van der Waals surface area contributed by atoms with E-state index in [9.17, 15) is 5.21 Å². The molecule has 1 unspecified atom stereocenters. The Hall–Kier alpha value is -1.31. The van der Waals surface area contributed by atoms with E-state index in [1.165, 1.54) is 12.4 Å². The Morgan fingerprint density at radius 3 is 2.96 bits per heavy atom. The van der Waals surface area contributed by atoms with E-state index in [1.807, 2.05) is 11.8 Å². The first-order chi connectivity index (χ1) is 11.0. The molecule has 2 aromatic rings. The molecule has 0 saturated carbocycles. The van der Waals surface area contributed by atoms with E-state index in [2.05, 4.69) is 18.3 Å². The van der Waals surface area contributed by atoms with Crippen LogP contribution in [-0.2, 0) is 0 Å². The second kappa shape index (κ2) is 7.99. The molecule has 0 saturated heterocycles. The standard InChI is InChI=1S/C15H19ClN4OS2/c1-4-19(15(22)11(2)10-23-3)13-9-20(17-14(13)16)12-6-5-7-18(21)8-12/h5-9,11H,4,10H2,1-3H3. The number of nitrogens with zero attached hydrogens (tertiary/aromatic N) is 4. The maximum absolute atomic E-state index is 11.4. The Morgan fingerprint density at radius 1 is 1.61 bits per heavy atom. The highest BCUT2D eigenvalue weighted by atomic mass is 35.5. The van der Waals surface area contributed by atoms with Crippen molar-refractivity contribution in [3.05, 3.63) is 41.1 Å². The van der Waals surface area contributed by atoms with Crippen LogP contribution in [0.1, 0.15) is 13.8 Å². The quantitative estimate of drug-likeness (QED) is 0.443. The van der Waals surface area contributed by atoms with E-state index in [0.717, 1.165) is 21.2 Å². The van der Waals surface area contributed by atoms with Gasteiger partial charge >= 0.3 is 0 Å². The van der Waals surface area contributed by atoms with Gasteiger partial charge in [0.05, 0.1) is 16.9 Å². The Labute approximate surface area is 150 Å². The van der Waals surface area contributed by atoms with Crippen LogP contribution in [0.5, 0.6) is 0 Å². The SMILES string of the molecule is CCN(C(=S)C(C)CSC)c1cn(-c2ccc[n+]([O-])c2)nc1Cl. The molecule has 0 aliphatic carbocycles. The fourth-order valence-electron chi connectivity index (χ4n) is 2.27. The maximum atomic E-state index is 11.4. The van der Waals surface area contributed by atoms with Crippen LogP contribution >= 0.6 is 35.6 Å². The normalized spacial score (nSPS) is 12.2. The summed E-state index contributed by atoms with van der Waals surface area (Å²) in [4.78, 5) is 2.84. The van der Waals surface area contributed by atoms with Gasteiger partial charge in [0.2, 0.25) is 6.20 Å². The minimum absolute atomic E-state index is 0.264. The highest BCUT2D eigenvalue weighted by Gasteiger charge is 2.21. The summed E-state index contributed by atoms with van der Waals surface area (Å²) in [5.41, 5.74) is 1.41. The molecule has 0 spiro atoms. The largest absolute Gasteiger partial charge is 0.619 e. The molecule has 0 aliphatic heterocycles. The van der Waals surface area contributed by atoms with Crippen molar-refractivity contribution in [2.45, 2.75) is 13.8 Å². The number of aromatic nitrogens is 3. The Morgan fingerprint density at radius 2 is 2.35 bits per heavy atom. The molecule has 23 heavy (non-hydrogen) atoms. The molecular weight excluding hydrogens is 352 g/mol. The maximum Gasteiger partial charge on any atom is 0.206 e. The van der Waals surface area contributed by atoms with Crippen molar-refractivity contribution in [3.8, 4) is 5.69 Å². The molecule has 8 heteroatoms. The number of thiocarbonyl (C=S) groups is 1. The lowest BCUT2D eigenvalue weighted by Crippen LogP contribution is -2.34. The highest BCUT2D eigenvalue weighted by Crippen LogP contribution is 2.28. The van der Waals surface area contributed by atoms with Crippen LogP contribution in [0, 0.1) is 11.1 Å². The van der Waals surface area contributed by atoms with E-state index in [0.29, 0.717) is 17.4 Å². The van der Waals surface area contributed by atoms with Gasteiger partial charge in [-0.25, -0.2) is 4.68 Å². The predicted octanol–water partition coefficient (Wildman–Crippen LogP) is 3.31. The molecular formula is C15H19ClN4OS2. The summed E-state index contributed by atoms with van der Waals surface area (Å²) in [5, 5.41) is 16.1. The van der Waals surface area contributed by atoms with Gasteiger partial charge in [-0.15, -0.1) is 0 Å². The van der Waals surface area contributed by atoms with Gasteiger partial charge in [-0.2, -0.15) is 21.6 Å². The van der Waals surface area contributed by atoms with Crippen molar-refractivity contribution < 1.29 is 4.73 Å². The average Bonchev–Trinajstić information content (AvgIpc) is 2.90. The molecule has 1 atom stereocenters. The van der Waals surface area contributed by atoms with E-state index >= 15 is 0 Å². The minimum atomic E-state index is 0.264. The fourth-order valence-corrected chi connectivity index (χ4v) is 3.57. The summed E-state index contributed by atoms with van der Waals surface area (Å²) in [7, 11) is 0. The van der Waals surface area contributed by atoms with Crippen LogP contribution in [0.3, 0.4) is 0 Å². The van der Waals surface area contributed by atoms with E-state index in [4.69, 9.17) is 23.8 Å². The molecule has 0 aliphatic rings. The Kier molecular flexibility index (Phi) is 6.26. The first-order valence-electron chi connectivity index (χ1n) is 7.22. The van der Waals surface area contributed by atoms with Crippen molar-refractivity contribution in [3.63, 3.8) is 0 Å². The Balaban J connectivity index is 2.33. The topological polar surface area (TPSA) is 48.0 Å². The predicted molar refractivity (Wildman–Crippen MR) is 101 cm³/mol. The zero-order chi connectivity index (χ0) is 17.0.